The Labute approximate surface area is 163 Å². The Morgan fingerprint density at radius 3 is 2.11 bits per heavy atom. The van der Waals surface area contributed by atoms with E-state index in [0.29, 0.717) is 31.5 Å². The van der Waals surface area contributed by atoms with Crippen molar-refractivity contribution in [2.45, 2.75) is 65.2 Å². The zero-order chi connectivity index (χ0) is 21.7. The van der Waals surface area contributed by atoms with Crippen molar-refractivity contribution in [3.05, 3.63) is 29.3 Å². The summed E-state index contributed by atoms with van der Waals surface area (Å²) in [5, 5.41) is 9.09. The number of likely N-dealkylation sites (tertiary alicyclic amines) is 1. The highest BCUT2D eigenvalue weighted by atomic mass is 19.4. The number of nitrogens with zero attached hydrogens (tertiary/aromatic N) is 1. The van der Waals surface area contributed by atoms with Crippen molar-refractivity contribution in [1.29, 1.82) is 0 Å². The van der Waals surface area contributed by atoms with E-state index >= 15 is 0 Å². The van der Waals surface area contributed by atoms with Gasteiger partial charge in [0.05, 0.1) is 5.56 Å². The fourth-order valence-electron chi connectivity index (χ4n) is 2.96. The number of amides is 1. The minimum absolute atomic E-state index is 0.0425. The molecule has 1 N–H and O–H groups in total. The molecule has 0 aliphatic carbocycles. The van der Waals surface area contributed by atoms with E-state index in [0.717, 1.165) is 6.07 Å². The summed E-state index contributed by atoms with van der Waals surface area (Å²) in [6.07, 6.45) is -3.50. The number of benzene rings is 1. The molecule has 2 rings (SSSR count). The Kier molecular flexibility index (Phi) is 7.90. The van der Waals surface area contributed by atoms with Crippen LogP contribution < -0.4 is 4.74 Å². The number of piperidine rings is 1. The first-order chi connectivity index (χ1) is 12.9. The molecule has 1 aliphatic heterocycles. The van der Waals surface area contributed by atoms with Crippen molar-refractivity contribution >= 4 is 11.9 Å². The Bertz CT molecular complexity index is 693. The van der Waals surface area contributed by atoms with Crippen LogP contribution in [0.3, 0.4) is 0 Å². The molecule has 0 bridgehead atoms. The van der Waals surface area contributed by atoms with Gasteiger partial charge in [-0.15, -0.1) is 0 Å². The van der Waals surface area contributed by atoms with Gasteiger partial charge in [0.15, 0.2) is 5.60 Å². The zero-order valence-electron chi connectivity index (χ0n) is 16.9. The standard InChI is InChI=1S/C18H22F3NO4.C2H6/c1-11(23)22-8-6-12(7-9-22)13-4-5-15(14(10-13)18(19,20)21)26-17(2,3)16(24)25;1-2/h4-5,10,12H,6-9H2,1-3H3,(H,24,25);1-2H3. The van der Waals surface area contributed by atoms with Gasteiger partial charge in [0, 0.05) is 20.0 Å². The predicted octanol–water partition coefficient (Wildman–Crippen LogP) is 4.70. The van der Waals surface area contributed by atoms with Crippen molar-refractivity contribution in [1.82, 2.24) is 4.90 Å². The smallest absolute Gasteiger partial charge is 0.419 e. The molecule has 1 heterocycles. The molecular formula is C20H28F3NO4. The molecule has 0 spiro atoms. The largest absolute Gasteiger partial charge is 0.478 e. The van der Waals surface area contributed by atoms with Crippen LogP contribution in [0.25, 0.3) is 0 Å². The maximum Gasteiger partial charge on any atom is 0.419 e. The van der Waals surface area contributed by atoms with Crippen molar-refractivity contribution < 1.29 is 32.6 Å². The van der Waals surface area contributed by atoms with Gasteiger partial charge in [-0.25, -0.2) is 4.79 Å². The van der Waals surface area contributed by atoms with Gasteiger partial charge in [0.1, 0.15) is 5.75 Å². The third-order valence-electron chi connectivity index (χ3n) is 4.60. The second kappa shape index (κ2) is 9.30. The Morgan fingerprint density at radius 2 is 1.68 bits per heavy atom. The molecule has 158 valence electrons. The molecule has 1 aromatic carbocycles. The van der Waals surface area contributed by atoms with Crippen LogP contribution in [0.4, 0.5) is 13.2 Å². The molecule has 1 aliphatic rings. The Hall–Kier alpha value is -2.25. The van der Waals surface area contributed by atoms with Crippen molar-refractivity contribution in [3.8, 4) is 5.75 Å². The summed E-state index contributed by atoms with van der Waals surface area (Å²) in [5.41, 5.74) is -2.26. The summed E-state index contributed by atoms with van der Waals surface area (Å²) in [7, 11) is 0. The van der Waals surface area contributed by atoms with Gasteiger partial charge in [-0.2, -0.15) is 13.2 Å². The first-order valence-corrected chi connectivity index (χ1v) is 9.31. The lowest BCUT2D eigenvalue weighted by Crippen LogP contribution is -2.38. The second-order valence-electron chi connectivity index (χ2n) is 6.95. The molecular weight excluding hydrogens is 375 g/mol. The fourth-order valence-corrected chi connectivity index (χ4v) is 2.96. The SMILES string of the molecule is CC.CC(=O)N1CCC(c2ccc(OC(C)(C)C(=O)O)c(C(F)(F)F)c2)CC1. The number of carbonyl (C=O) groups excluding carboxylic acids is 1. The number of hydrogen-bond donors (Lipinski definition) is 1. The van der Waals surface area contributed by atoms with Crippen molar-refractivity contribution in [2.24, 2.45) is 0 Å². The van der Waals surface area contributed by atoms with Gasteiger partial charge in [-0.1, -0.05) is 19.9 Å². The van der Waals surface area contributed by atoms with Crippen LogP contribution in [-0.2, 0) is 15.8 Å². The number of halogens is 3. The van der Waals surface area contributed by atoms with Crippen LogP contribution in [0.5, 0.6) is 5.75 Å². The van der Waals surface area contributed by atoms with Gasteiger partial charge in [0.25, 0.3) is 0 Å². The average Bonchev–Trinajstić information content (AvgIpc) is 2.62. The number of carboxylic acid groups (broad SMARTS) is 1. The van der Waals surface area contributed by atoms with Gasteiger partial charge in [-0.05, 0) is 50.3 Å². The summed E-state index contributed by atoms with van der Waals surface area (Å²) in [6.45, 7) is 8.87. The van der Waals surface area contributed by atoms with Gasteiger partial charge < -0.3 is 14.7 Å². The minimum Gasteiger partial charge on any atom is -0.478 e. The van der Waals surface area contributed by atoms with Gasteiger partial charge in [0.2, 0.25) is 5.91 Å². The van der Waals surface area contributed by atoms with Crippen LogP contribution in [0, 0.1) is 0 Å². The van der Waals surface area contributed by atoms with Gasteiger partial charge in [-0.3, -0.25) is 4.79 Å². The van der Waals surface area contributed by atoms with Crippen molar-refractivity contribution in [3.63, 3.8) is 0 Å². The molecule has 8 heteroatoms. The summed E-state index contributed by atoms with van der Waals surface area (Å²) in [4.78, 5) is 24.2. The van der Waals surface area contributed by atoms with Crippen molar-refractivity contribution in [2.75, 3.05) is 13.1 Å². The highest BCUT2D eigenvalue weighted by molar-refractivity contribution is 5.77. The molecule has 1 amide bonds. The van der Waals surface area contributed by atoms with Crippen LogP contribution in [0.15, 0.2) is 18.2 Å². The molecule has 1 fully saturated rings. The quantitative estimate of drug-likeness (QED) is 0.791. The number of aliphatic carboxylic acids is 1. The first kappa shape index (κ1) is 23.8. The Balaban J connectivity index is 0.00000190. The summed E-state index contributed by atoms with van der Waals surface area (Å²) in [5.74, 6) is -1.99. The normalized spacial score (nSPS) is 15.5. The number of carbonyl (C=O) groups is 2. The highest BCUT2D eigenvalue weighted by Gasteiger charge is 2.38. The number of rotatable bonds is 4. The van der Waals surface area contributed by atoms with E-state index in [9.17, 15) is 22.8 Å². The third kappa shape index (κ3) is 5.87. The molecule has 0 atom stereocenters. The van der Waals surface area contributed by atoms with E-state index in [-0.39, 0.29) is 11.8 Å². The molecule has 5 nitrogen and oxygen atoms in total. The van der Waals surface area contributed by atoms with Crippen LogP contribution in [-0.4, -0.2) is 40.6 Å². The maximum absolute atomic E-state index is 13.5. The van der Waals surface area contributed by atoms with E-state index in [2.05, 4.69) is 0 Å². The van der Waals surface area contributed by atoms with E-state index in [4.69, 9.17) is 9.84 Å². The lowest BCUT2D eigenvalue weighted by Gasteiger charge is -2.32. The van der Waals surface area contributed by atoms with Crippen LogP contribution in [0.1, 0.15) is 64.5 Å². The predicted molar refractivity (Wildman–Crippen MR) is 99.4 cm³/mol. The zero-order valence-corrected chi connectivity index (χ0v) is 16.9. The monoisotopic (exact) mass is 403 g/mol. The lowest BCUT2D eigenvalue weighted by atomic mass is 9.88. The first-order valence-electron chi connectivity index (χ1n) is 9.31. The number of ether oxygens (including phenoxy) is 1. The molecule has 1 aromatic rings. The summed E-state index contributed by atoms with van der Waals surface area (Å²) < 4.78 is 45.5. The lowest BCUT2D eigenvalue weighted by molar-refractivity contribution is -0.155. The number of alkyl halides is 3. The summed E-state index contributed by atoms with van der Waals surface area (Å²) in [6, 6.07) is 3.75. The Morgan fingerprint density at radius 1 is 1.14 bits per heavy atom. The van der Waals surface area contributed by atoms with E-state index in [1.807, 2.05) is 13.8 Å². The maximum atomic E-state index is 13.5. The van der Waals surface area contributed by atoms with E-state index in [1.165, 1.54) is 32.9 Å². The highest BCUT2D eigenvalue weighted by Crippen LogP contribution is 2.40. The van der Waals surface area contributed by atoms with Gasteiger partial charge >= 0.3 is 12.1 Å². The van der Waals surface area contributed by atoms with Crippen LogP contribution in [0.2, 0.25) is 0 Å². The number of carboxylic acids is 1. The second-order valence-corrected chi connectivity index (χ2v) is 6.95. The van der Waals surface area contributed by atoms with E-state index in [1.54, 1.807) is 4.90 Å². The third-order valence-corrected chi connectivity index (χ3v) is 4.60. The topological polar surface area (TPSA) is 66.8 Å². The molecule has 0 radical (unpaired) electrons. The number of hydrogen-bond acceptors (Lipinski definition) is 3. The minimum atomic E-state index is -4.67. The molecule has 0 aromatic heterocycles. The van der Waals surface area contributed by atoms with E-state index < -0.39 is 29.1 Å². The van der Waals surface area contributed by atoms with Crippen LogP contribution >= 0.6 is 0 Å². The average molecular weight is 403 g/mol. The fraction of sp³-hybridized carbons (Fsp3) is 0.600. The summed E-state index contributed by atoms with van der Waals surface area (Å²) >= 11 is 0. The molecule has 0 unspecified atom stereocenters. The molecule has 0 saturated carbocycles. The molecule has 28 heavy (non-hydrogen) atoms. The molecule has 1 saturated heterocycles.